The lowest BCUT2D eigenvalue weighted by Crippen LogP contribution is -2.57. The van der Waals surface area contributed by atoms with Crippen molar-refractivity contribution >= 4 is 0 Å². The molecular formula is C14H30N2O2. The summed E-state index contributed by atoms with van der Waals surface area (Å²) in [5, 5.41) is 13.2. The van der Waals surface area contributed by atoms with Crippen LogP contribution in [0.2, 0.25) is 0 Å². The molecule has 1 rings (SSSR count). The van der Waals surface area contributed by atoms with Gasteiger partial charge in [0.1, 0.15) is 0 Å². The summed E-state index contributed by atoms with van der Waals surface area (Å²) in [4.78, 5) is 2.31. The van der Waals surface area contributed by atoms with Crippen LogP contribution in [0.15, 0.2) is 0 Å². The molecule has 0 heterocycles. The van der Waals surface area contributed by atoms with Crippen LogP contribution in [0.5, 0.6) is 0 Å². The second-order valence-corrected chi connectivity index (χ2v) is 5.69. The van der Waals surface area contributed by atoms with Crippen molar-refractivity contribution in [1.82, 2.24) is 10.2 Å². The van der Waals surface area contributed by atoms with Crippen molar-refractivity contribution in [2.45, 2.75) is 50.7 Å². The molecule has 0 radical (unpaired) electrons. The fraction of sp³-hybridized carbons (Fsp3) is 1.00. The van der Waals surface area contributed by atoms with Crippen molar-refractivity contribution in [3.8, 4) is 0 Å². The molecule has 0 aromatic heterocycles. The Morgan fingerprint density at radius 2 is 2.11 bits per heavy atom. The van der Waals surface area contributed by atoms with Crippen LogP contribution in [0.1, 0.15) is 39.0 Å². The summed E-state index contributed by atoms with van der Waals surface area (Å²) in [7, 11) is 4.29. The van der Waals surface area contributed by atoms with Crippen LogP contribution in [0.3, 0.4) is 0 Å². The summed E-state index contributed by atoms with van der Waals surface area (Å²) >= 11 is 0. The van der Waals surface area contributed by atoms with Gasteiger partial charge in [-0.25, -0.2) is 0 Å². The number of nitrogens with zero attached hydrogens (tertiary/aromatic N) is 1. The van der Waals surface area contributed by atoms with Gasteiger partial charge in [0, 0.05) is 25.2 Å². The number of ether oxygens (including phenoxy) is 1. The minimum atomic E-state index is -0.388. The number of nitrogens with one attached hydrogen (secondary N) is 1. The Kier molecular flexibility index (Phi) is 7.15. The molecule has 0 aliphatic heterocycles. The Hall–Kier alpha value is -0.160. The Balaban J connectivity index is 2.06. The van der Waals surface area contributed by atoms with E-state index in [0.717, 1.165) is 26.0 Å². The second-order valence-electron chi connectivity index (χ2n) is 5.69. The summed E-state index contributed by atoms with van der Waals surface area (Å²) in [5.74, 6) is 0. The highest BCUT2D eigenvalue weighted by molar-refractivity contribution is 4.97. The largest absolute Gasteiger partial charge is 0.389 e. The van der Waals surface area contributed by atoms with Crippen LogP contribution >= 0.6 is 0 Å². The monoisotopic (exact) mass is 258 g/mol. The number of unbranched alkanes of at least 4 members (excludes halogenated alkanes) is 1. The highest BCUT2D eigenvalue weighted by atomic mass is 16.5. The lowest BCUT2D eigenvalue weighted by Gasteiger charge is -2.47. The lowest BCUT2D eigenvalue weighted by molar-refractivity contribution is 0.0262. The van der Waals surface area contributed by atoms with E-state index in [9.17, 15) is 5.11 Å². The second kappa shape index (κ2) is 8.10. The molecule has 1 aliphatic rings. The number of rotatable bonds is 10. The molecule has 0 aromatic carbocycles. The Bertz CT molecular complexity index is 218. The van der Waals surface area contributed by atoms with E-state index in [1.165, 1.54) is 19.3 Å². The van der Waals surface area contributed by atoms with Gasteiger partial charge >= 0.3 is 0 Å². The van der Waals surface area contributed by atoms with E-state index in [-0.39, 0.29) is 6.10 Å². The molecule has 1 saturated carbocycles. The van der Waals surface area contributed by atoms with Crippen LogP contribution in [0.4, 0.5) is 0 Å². The summed E-state index contributed by atoms with van der Waals surface area (Å²) in [6.07, 6.45) is 5.67. The van der Waals surface area contributed by atoms with E-state index >= 15 is 0 Å². The third kappa shape index (κ3) is 4.84. The standard InChI is InChI=1S/C14H30N2O2/c1-4-5-9-18-11-13(17)10-15-12-14(16(2)3)7-6-8-14/h13,15,17H,4-12H2,1-3H3. The molecular weight excluding hydrogens is 228 g/mol. The Morgan fingerprint density at radius 1 is 1.39 bits per heavy atom. The van der Waals surface area contributed by atoms with Crippen LogP contribution in [0, 0.1) is 0 Å². The van der Waals surface area contributed by atoms with Gasteiger partial charge in [0.25, 0.3) is 0 Å². The molecule has 1 fully saturated rings. The average Bonchev–Trinajstić information content (AvgIpc) is 2.27. The molecule has 108 valence electrons. The fourth-order valence-corrected chi connectivity index (χ4v) is 2.36. The lowest BCUT2D eigenvalue weighted by atomic mass is 9.75. The SMILES string of the molecule is CCCCOCC(O)CNCC1(N(C)C)CCC1. The first-order chi connectivity index (χ1) is 8.60. The number of hydrogen-bond acceptors (Lipinski definition) is 4. The van der Waals surface area contributed by atoms with Crippen LogP contribution in [0.25, 0.3) is 0 Å². The van der Waals surface area contributed by atoms with Gasteiger partial charge in [-0.05, 0) is 39.8 Å². The van der Waals surface area contributed by atoms with E-state index in [1.54, 1.807) is 0 Å². The Labute approximate surface area is 112 Å². The molecule has 1 aliphatic carbocycles. The van der Waals surface area contributed by atoms with Gasteiger partial charge in [0.2, 0.25) is 0 Å². The maximum atomic E-state index is 9.77. The molecule has 4 nitrogen and oxygen atoms in total. The molecule has 2 N–H and O–H groups in total. The maximum Gasteiger partial charge on any atom is 0.0897 e. The summed E-state index contributed by atoms with van der Waals surface area (Å²) in [6.45, 7) is 4.94. The topological polar surface area (TPSA) is 44.7 Å². The summed E-state index contributed by atoms with van der Waals surface area (Å²) in [5.41, 5.74) is 0.322. The zero-order valence-electron chi connectivity index (χ0n) is 12.2. The molecule has 0 spiro atoms. The van der Waals surface area contributed by atoms with Crippen molar-refractivity contribution in [2.75, 3.05) is 40.4 Å². The first kappa shape index (κ1) is 15.9. The minimum absolute atomic E-state index is 0.322. The Morgan fingerprint density at radius 3 is 2.61 bits per heavy atom. The highest BCUT2D eigenvalue weighted by Gasteiger charge is 2.38. The number of aliphatic hydroxyl groups excluding tert-OH is 1. The summed E-state index contributed by atoms with van der Waals surface area (Å²) in [6, 6.07) is 0. The molecule has 1 unspecified atom stereocenters. The molecule has 4 heteroatoms. The quantitative estimate of drug-likeness (QED) is 0.579. The van der Waals surface area contributed by atoms with Gasteiger partial charge < -0.3 is 20.1 Å². The molecule has 0 bridgehead atoms. The van der Waals surface area contributed by atoms with Crippen molar-refractivity contribution in [2.24, 2.45) is 0 Å². The molecule has 0 amide bonds. The van der Waals surface area contributed by atoms with Crippen LogP contribution in [-0.2, 0) is 4.74 Å². The first-order valence-corrected chi connectivity index (χ1v) is 7.24. The predicted molar refractivity (Wildman–Crippen MR) is 74.9 cm³/mol. The van der Waals surface area contributed by atoms with Crippen molar-refractivity contribution in [3.63, 3.8) is 0 Å². The van der Waals surface area contributed by atoms with E-state index in [0.29, 0.717) is 18.7 Å². The molecule has 1 atom stereocenters. The van der Waals surface area contributed by atoms with Gasteiger partial charge in [-0.3, -0.25) is 0 Å². The number of aliphatic hydroxyl groups is 1. The predicted octanol–water partition coefficient (Wildman–Crippen LogP) is 1.24. The maximum absolute atomic E-state index is 9.77. The van der Waals surface area contributed by atoms with E-state index in [1.807, 2.05) is 0 Å². The molecule has 0 saturated heterocycles. The van der Waals surface area contributed by atoms with Gasteiger partial charge in [-0.15, -0.1) is 0 Å². The van der Waals surface area contributed by atoms with Crippen LogP contribution < -0.4 is 5.32 Å². The van der Waals surface area contributed by atoms with Gasteiger partial charge in [-0.2, -0.15) is 0 Å². The van der Waals surface area contributed by atoms with Gasteiger partial charge in [0.05, 0.1) is 12.7 Å². The summed E-state index contributed by atoms with van der Waals surface area (Å²) < 4.78 is 5.41. The highest BCUT2D eigenvalue weighted by Crippen LogP contribution is 2.35. The van der Waals surface area contributed by atoms with Crippen molar-refractivity contribution < 1.29 is 9.84 Å². The van der Waals surface area contributed by atoms with E-state index < -0.39 is 0 Å². The zero-order valence-corrected chi connectivity index (χ0v) is 12.2. The minimum Gasteiger partial charge on any atom is -0.389 e. The number of likely N-dealkylation sites (N-methyl/N-ethyl adjacent to an activating group) is 1. The fourth-order valence-electron chi connectivity index (χ4n) is 2.36. The molecule has 18 heavy (non-hydrogen) atoms. The van der Waals surface area contributed by atoms with Crippen molar-refractivity contribution in [3.05, 3.63) is 0 Å². The van der Waals surface area contributed by atoms with E-state index in [2.05, 4.69) is 31.2 Å². The molecule has 0 aromatic rings. The van der Waals surface area contributed by atoms with Gasteiger partial charge in [-0.1, -0.05) is 13.3 Å². The average molecular weight is 258 g/mol. The third-order valence-corrected chi connectivity index (χ3v) is 4.02. The van der Waals surface area contributed by atoms with Crippen LogP contribution in [-0.4, -0.2) is 62.0 Å². The first-order valence-electron chi connectivity index (χ1n) is 7.24. The normalized spacial score (nSPS) is 19.8. The number of hydrogen-bond donors (Lipinski definition) is 2. The smallest absolute Gasteiger partial charge is 0.0897 e. The third-order valence-electron chi connectivity index (χ3n) is 4.02. The van der Waals surface area contributed by atoms with E-state index in [4.69, 9.17) is 4.74 Å². The zero-order chi connectivity index (χ0) is 13.4. The van der Waals surface area contributed by atoms with Crippen molar-refractivity contribution in [1.29, 1.82) is 0 Å². The van der Waals surface area contributed by atoms with Gasteiger partial charge in [0.15, 0.2) is 0 Å².